The molecule has 0 spiro atoms. The molecule has 0 unspecified atom stereocenters. The number of para-hydroxylation sites is 1. The summed E-state index contributed by atoms with van der Waals surface area (Å²) in [5.41, 5.74) is 6.47. The summed E-state index contributed by atoms with van der Waals surface area (Å²) in [5.74, 6) is 0.885. The van der Waals surface area contributed by atoms with Gasteiger partial charge in [0.15, 0.2) is 5.65 Å². The molecule has 4 aromatic heterocycles. The molecule has 0 amide bonds. The first-order valence-corrected chi connectivity index (χ1v) is 11.6. The average molecular weight is 550 g/mol. The van der Waals surface area contributed by atoms with E-state index in [0.29, 0.717) is 6.54 Å². The number of halogens is 1. The fourth-order valence-corrected chi connectivity index (χ4v) is 4.21. The lowest BCUT2D eigenvalue weighted by Crippen LogP contribution is -2.20. The summed E-state index contributed by atoms with van der Waals surface area (Å²) in [7, 11) is 0. The molecule has 0 aliphatic carbocycles. The van der Waals surface area contributed by atoms with Crippen LogP contribution in [0.1, 0.15) is 11.5 Å². The number of anilines is 1. The van der Waals surface area contributed by atoms with Crippen LogP contribution < -0.4 is 5.32 Å². The summed E-state index contributed by atoms with van der Waals surface area (Å²) < 4.78 is 3.98. The molecule has 2 N–H and O–H groups in total. The second-order valence-electron chi connectivity index (χ2n) is 7.69. The quantitative estimate of drug-likeness (QED) is 0.214. The van der Waals surface area contributed by atoms with Gasteiger partial charge in [-0.3, -0.25) is 4.98 Å². The van der Waals surface area contributed by atoms with E-state index in [1.165, 1.54) is 0 Å². The van der Waals surface area contributed by atoms with E-state index in [0.717, 1.165) is 58.6 Å². The largest absolute Gasteiger partial charge is 0.384 e. The van der Waals surface area contributed by atoms with Gasteiger partial charge in [0.25, 0.3) is 0 Å². The number of benzene rings is 1. The van der Waals surface area contributed by atoms with E-state index >= 15 is 0 Å². The average Bonchev–Trinajstić information content (AvgIpc) is 3.46. The Labute approximate surface area is 205 Å². The minimum absolute atomic E-state index is 0.682. The number of pyridine rings is 2. The number of imidazole rings is 1. The normalized spacial score (nSPS) is 11.4. The zero-order valence-electron chi connectivity index (χ0n) is 18.1. The van der Waals surface area contributed by atoms with Gasteiger partial charge in [0.05, 0.1) is 17.9 Å². The Kier molecular flexibility index (Phi) is 6.31. The Bertz CT molecular complexity index is 1360. The Morgan fingerprint density at radius 3 is 2.76 bits per heavy atom. The lowest BCUT2D eigenvalue weighted by atomic mass is 10.1. The summed E-state index contributed by atoms with van der Waals surface area (Å²) in [6.45, 7) is 4.39. The highest BCUT2D eigenvalue weighted by atomic mass is 127. The number of rotatable bonds is 8. The number of aryl methyl sites for hydroxylation is 1. The Morgan fingerprint density at radius 1 is 1.03 bits per heavy atom. The van der Waals surface area contributed by atoms with E-state index < -0.39 is 0 Å². The van der Waals surface area contributed by atoms with Crippen molar-refractivity contribution in [1.82, 2.24) is 32.7 Å². The van der Waals surface area contributed by atoms with Crippen molar-refractivity contribution < 1.29 is 0 Å². The van der Waals surface area contributed by atoms with Crippen molar-refractivity contribution in [1.29, 1.82) is 0 Å². The lowest BCUT2D eigenvalue weighted by molar-refractivity contribution is 0.509. The van der Waals surface area contributed by atoms with E-state index in [2.05, 4.69) is 58.5 Å². The lowest BCUT2D eigenvalue weighted by Gasteiger charge is -2.13. The molecular formula is C24H23IN8. The van der Waals surface area contributed by atoms with Crippen molar-refractivity contribution in [3.8, 4) is 22.6 Å². The Hall–Kier alpha value is -3.31. The number of nitrogens with zero attached hydrogens (tertiary/aromatic N) is 6. The molecule has 8 nitrogen and oxygen atoms in total. The first-order valence-electron chi connectivity index (χ1n) is 10.7. The first kappa shape index (κ1) is 21.5. The SMILES string of the molecule is Cc1cccc(-c2nc(CN(I)CCNc3ccccc3)[nH]c2-c2ccc3ncnn3c2)n1. The predicted octanol–water partition coefficient (Wildman–Crippen LogP) is 4.75. The van der Waals surface area contributed by atoms with Crippen LogP contribution in [0.5, 0.6) is 0 Å². The molecule has 0 saturated carbocycles. The minimum atomic E-state index is 0.682. The molecule has 5 aromatic rings. The third-order valence-electron chi connectivity index (χ3n) is 5.23. The number of hydrogen-bond donors (Lipinski definition) is 2. The number of H-pyrrole nitrogens is 1. The van der Waals surface area contributed by atoms with Crippen LogP contribution >= 0.6 is 22.9 Å². The minimum Gasteiger partial charge on any atom is -0.384 e. The van der Waals surface area contributed by atoms with Crippen LogP contribution in [0.25, 0.3) is 28.3 Å². The van der Waals surface area contributed by atoms with Gasteiger partial charge in [-0.2, -0.15) is 5.10 Å². The van der Waals surface area contributed by atoms with E-state index in [1.807, 2.05) is 61.7 Å². The number of aromatic amines is 1. The van der Waals surface area contributed by atoms with E-state index in [4.69, 9.17) is 9.97 Å². The molecule has 0 atom stereocenters. The van der Waals surface area contributed by atoms with Crippen LogP contribution in [0.15, 0.2) is 73.2 Å². The van der Waals surface area contributed by atoms with Crippen molar-refractivity contribution in [2.75, 3.05) is 18.4 Å². The molecule has 5 rings (SSSR count). The van der Waals surface area contributed by atoms with Crippen molar-refractivity contribution in [2.45, 2.75) is 13.5 Å². The van der Waals surface area contributed by atoms with Gasteiger partial charge in [-0.25, -0.2) is 17.6 Å². The van der Waals surface area contributed by atoms with Crippen LogP contribution in [0.2, 0.25) is 0 Å². The maximum absolute atomic E-state index is 4.94. The molecular weight excluding hydrogens is 527 g/mol. The summed E-state index contributed by atoms with van der Waals surface area (Å²) in [6.07, 6.45) is 3.52. The molecule has 0 saturated heterocycles. The van der Waals surface area contributed by atoms with Crippen LogP contribution in [0.4, 0.5) is 5.69 Å². The van der Waals surface area contributed by atoms with Gasteiger partial charge in [0.2, 0.25) is 0 Å². The molecule has 33 heavy (non-hydrogen) atoms. The summed E-state index contributed by atoms with van der Waals surface area (Å²) in [6, 6.07) is 20.2. The zero-order valence-corrected chi connectivity index (χ0v) is 20.3. The van der Waals surface area contributed by atoms with Gasteiger partial charge >= 0.3 is 0 Å². The molecule has 4 heterocycles. The molecule has 0 aliphatic rings. The molecule has 0 fully saturated rings. The first-order chi connectivity index (χ1) is 16.2. The van der Waals surface area contributed by atoms with Crippen LogP contribution in [-0.2, 0) is 6.54 Å². The molecule has 0 radical (unpaired) electrons. The number of nitrogens with one attached hydrogen (secondary N) is 2. The van der Waals surface area contributed by atoms with Gasteiger partial charge in [-0.1, -0.05) is 24.3 Å². The van der Waals surface area contributed by atoms with Gasteiger partial charge in [-0.05, 0) is 43.3 Å². The highest BCUT2D eigenvalue weighted by molar-refractivity contribution is 14.1. The van der Waals surface area contributed by atoms with Gasteiger partial charge in [0, 0.05) is 59.1 Å². The third kappa shape index (κ3) is 5.04. The van der Waals surface area contributed by atoms with Crippen LogP contribution in [-0.4, -0.2) is 45.8 Å². The number of hydrogen-bond acceptors (Lipinski definition) is 6. The smallest absolute Gasteiger partial charge is 0.155 e. The van der Waals surface area contributed by atoms with Gasteiger partial charge < -0.3 is 10.3 Å². The standard InChI is InChI=1S/C24H23IN8/c1-17-6-5-9-20(29-17)24-23(18-10-11-22-27-16-28-33(22)14-18)30-21(31-24)15-32(25)13-12-26-19-7-3-2-4-8-19/h2-11,14,16,26H,12-13,15H2,1H3,(H,30,31). The highest BCUT2D eigenvalue weighted by Gasteiger charge is 2.17. The topological polar surface area (TPSA) is 87.0 Å². The summed E-state index contributed by atoms with van der Waals surface area (Å²) >= 11 is 2.35. The fraction of sp³-hybridized carbons (Fsp3) is 0.167. The third-order valence-corrected chi connectivity index (χ3v) is 6.05. The van der Waals surface area contributed by atoms with E-state index in [1.54, 1.807) is 10.8 Å². The molecule has 0 bridgehead atoms. The maximum atomic E-state index is 4.94. The van der Waals surface area contributed by atoms with Gasteiger partial charge in [-0.15, -0.1) is 0 Å². The Morgan fingerprint density at radius 2 is 1.91 bits per heavy atom. The number of fused-ring (bicyclic) bond motifs is 1. The van der Waals surface area contributed by atoms with E-state index in [-0.39, 0.29) is 0 Å². The second-order valence-corrected chi connectivity index (χ2v) is 9.05. The van der Waals surface area contributed by atoms with Crippen molar-refractivity contribution in [3.05, 3.63) is 84.7 Å². The monoisotopic (exact) mass is 550 g/mol. The molecule has 1 aromatic carbocycles. The summed E-state index contributed by atoms with van der Waals surface area (Å²) in [5, 5.41) is 7.72. The maximum Gasteiger partial charge on any atom is 0.155 e. The zero-order chi connectivity index (χ0) is 22.6. The van der Waals surface area contributed by atoms with Crippen molar-refractivity contribution in [2.24, 2.45) is 0 Å². The van der Waals surface area contributed by atoms with Crippen LogP contribution in [0, 0.1) is 6.92 Å². The van der Waals surface area contributed by atoms with Crippen molar-refractivity contribution in [3.63, 3.8) is 0 Å². The van der Waals surface area contributed by atoms with Crippen molar-refractivity contribution >= 4 is 34.2 Å². The molecule has 0 aliphatic heterocycles. The van der Waals surface area contributed by atoms with Gasteiger partial charge in [0.1, 0.15) is 17.8 Å². The Balaban J connectivity index is 1.39. The fourth-order valence-electron chi connectivity index (χ4n) is 3.65. The summed E-state index contributed by atoms with van der Waals surface area (Å²) in [4.78, 5) is 17.4. The van der Waals surface area contributed by atoms with E-state index in [9.17, 15) is 0 Å². The number of aromatic nitrogens is 6. The second kappa shape index (κ2) is 9.67. The van der Waals surface area contributed by atoms with Crippen LogP contribution in [0.3, 0.4) is 0 Å². The molecule has 9 heteroatoms. The highest BCUT2D eigenvalue weighted by Crippen LogP contribution is 2.30. The predicted molar refractivity (Wildman–Crippen MR) is 138 cm³/mol. The molecule has 166 valence electrons.